The van der Waals surface area contributed by atoms with Crippen molar-refractivity contribution in [3.05, 3.63) is 89.0 Å². The summed E-state index contributed by atoms with van der Waals surface area (Å²) in [5.41, 5.74) is 0.323. The fraction of sp³-hybridized carbons (Fsp3) is 0.167. The van der Waals surface area contributed by atoms with Crippen molar-refractivity contribution in [1.82, 2.24) is 4.57 Å². The summed E-state index contributed by atoms with van der Waals surface area (Å²) in [6.45, 7) is 0. The number of rotatable bonds is 3. The van der Waals surface area contributed by atoms with Gasteiger partial charge in [-0.3, -0.25) is 0 Å². The Morgan fingerprint density at radius 2 is 1.39 bits per heavy atom. The van der Waals surface area contributed by atoms with Gasteiger partial charge in [0.1, 0.15) is 6.20 Å². The van der Waals surface area contributed by atoms with E-state index in [0.717, 1.165) is 11.1 Å². The molecule has 0 spiro atoms. The fourth-order valence-corrected chi connectivity index (χ4v) is 3.15. The number of hydrogen-bond acceptors (Lipinski definition) is 1. The number of hydrogen-bond donors (Lipinski definition) is 1. The first kappa shape index (κ1) is 18.0. The third kappa shape index (κ3) is 3.03. The highest BCUT2D eigenvalue weighted by molar-refractivity contribution is 6.29. The summed E-state index contributed by atoms with van der Waals surface area (Å²) >= 11 is 6.25. The number of nitrogens with zero attached hydrogens (tertiary/aromatic N) is 2. The monoisotopic (exact) mass is 440 g/mol. The molecule has 0 saturated carbocycles. The van der Waals surface area contributed by atoms with Gasteiger partial charge in [0, 0.05) is 11.1 Å². The molecule has 0 bridgehead atoms. The lowest BCUT2D eigenvalue weighted by Gasteiger charge is -2.26. The normalized spacial score (nSPS) is 11.1. The summed E-state index contributed by atoms with van der Waals surface area (Å²) in [6, 6.07) is 19.3. The van der Waals surface area contributed by atoms with Gasteiger partial charge in [-0.1, -0.05) is 60.7 Å². The molecule has 5 heteroatoms. The summed E-state index contributed by atoms with van der Waals surface area (Å²) in [7, 11) is 3.74. The maximum atomic E-state index is 11.7. The molecule has 0 aliphatic carbocycles. The van der Waals surface area contributed by atoms with E-state index < -0.39 is 5.60 Å². The minimum atomic E-state index is -1.28. The van der Waals surface area contributed by atoms with Crippen LogP contribution in [-0.2, 0) is 19.7 Å². The van der Waals surface area contributed by atoms with Gasteiger partial charge in [-0.2, -0.15) is 0 Å². The molecule has 0 amide bonds. The molecule has 1 heterocycles. The molecule has 120 valence electrons. The van der Waals surface area contributed by atoms with Gasteiger partial charge in [0.2, 0.25) is 10.8 Å². The first-order chi connectivity index (χ1) is 10.5. The highest BCUT2D eigenvalue weighted by Crippen LogP contribution is 2.35. The van der Waals surface area contributed by atoms with Gasteiger partial charge < -0.3 is 29.1 Å². The lowest BCUT2D eigenvalue weighted by molar-refractivity contribution is -0.684. The summed E-state index contributed by atoms with van der Waals surface area (Å²) in [4.78, 5) is 0. The van der Waals surface area contributed by atoms with Crippen LogP contribution in [-0.4, -0.2) is 9.67 Å². The van der Waals surface area contributed by atoms with Crippen LogP contribution in [0.3, 0.4) is 0 Å². The van der Waals surface area contributed by atoms with E-state index in [-0.39, 0.29) is 24.0 Å². The second kappa shape index (κ2) is 7.03. The van der Waals surface area contributed by atoms with Gasteiger partial charge >= 0.3 is 0 Å². The van der Waals surface area contributed by atoms with Gasteiger partial charge in [0.25, 0.3) is 5.82 Å². The van der Waals surface area contributed by atoms with Crippen LogP contribution >= 0.6 is 11.6 Å². The Labute approximate surface area is 158 Å². The highest BCUT2D eigenvalue weighted by Gasteiger charge is 2.44. The van der Waals surface area contributed by atoms with Crippen LogP contribution in [0, 0.1) is 0 Å². The Balaban J connectivity index is 0.00000192. The molecule has 0 unspecified atom stereocenters. The Hall–Kier alpha value is -1.37. The van der Waals surface area contributed by atoms with Crippen molar-refractivity contribution in [2.75, 3.05) is 0 Å². The number of aromatic nitrogens is 2. The number of aliphatic hydroxyl groups is 1. The Morgan fingerprint density at radius 3 is 1.74 bits per heavy atom. The molecule has 0 fully saturated rings. The molecule has 3 nitrogen and oxygen atoms in total. The summed E-state index contributed by atoms with van der Waals surface area (Å²) in [6.07, 6.45) is 1.80. The molecular formula is C18H18ClIN2O. The zero-order chi connectivity index (χ0) is 15.7. The molecule has 1 aromatic heterocycles. The maximum absolute atomic E-state index is 11.7. The van der Waals surface area contributed by atoms with E-state index in [0.29, 0.717) is 11.0 Å². The van der Waals surface area contributed by atoms with E-state index in [1.165, 1.54) is 0 Å². The second-order valence-electron chi connectivity index (χ2n) is 5.39. The molecule has 3 rings (SSSR count). The Bertz CT molecular complexity index is 748. The van der Waals surface area contributed by atoms with Crippen LogP contribution in [0.5, 0.6) is 0 Å². The van der Waals surface area contributed by atoms with Gasteiger partial charge in [-0.15, -0.1) is 0 Å². The molecule has 0 radical (unpaired) electrons. The average molecular weight is 441 g/mol. The largest absolute Gasteiger partial charge is 1.00 e. The maximum Gasteiger partial charge on any atom is 0.299 e. The van der Waals surface area contributed by atoms with Crippen LogP contribution in [0.25, 0.3) is 0 Å². The number of benzene rings is 2. The minimum absolute atomic E-state index is 0. The van der Waals surface area contributed by atoms with E-state index in [4.69, 9.17) is 11.6 Å². The van der Waals surface area contributed by atoms with E-state index in [9.17, 15) is 5.11 Å². The van der Waals surface area contributed by atoms with Crippen molar-refractivity contribution < 1.29 is 33.7 Å². The van der Waals surface area contributed by atoms with Crippen LogP contribution < -0.4 is 28.5 Å². The molecule has 2 aromatic carbocycles. The predicted octanol–water partition coefficient (Wildman–Crippen LogP) is -0.209. The second-order valence-corrected chi connectivity index (χ2v) is 5.78. The molecule has 0 aliphatic rings. The summed E-state index contributed by atoms with van der Waals surface area (Å²) < 4.78 is 3.67. The number of halogens is 2. The third-order valence-electron chi connectivity index (χ3n) is 3.98. The van der Waals surface area contributed by atoms with E-state index in [1.54, 1.807) is 6.20 Å². The number of aryl methyl sites for hydroxylation is 1. The standard InChI is InChI=1S/C18H18ClN2O.HI/c1-20-13-16(19)21(2)17(20)18(22,14-9-5-3-6-10-14)15-11-7-4-8-12-15;/h3-13,22H,1-2H3;1H/q+1;/p-1. The van der Waals surface area contributed by atoms with Crippen LogP contribution in [0.4, 0.5) is 0 Å². The third-order valence-corrected chi connectivity index (χ3v) is 4.33. The summed E-state index contributed by atoms with van der Waals surface area (Å²) in [5.74, 6) is 0.704. The topological polar surface area (TPSA) is 29.0 Å². The fourth-order valence-electron chi connectivity index (χ4n) is 2.93. The van der Waals surface area contributed by atoms with Crippen molar-refractivity contribution in [3.8, 4) is 0 Å². The Kier molecular flexibility index (Phi) is 5.49. The van der Waals surface area contributed by atoms with E-state index in [2.05, 4.69) is 0 Å². The average Bonchev–Trinajstić information content (AvgIpc) is 2.81. The molecule has 0 saturated heterocycles. The van der Waals surface area contributed by atoms with E-state index >= 15 is 0 Å². The van der Waals surface area contributed by atoms with Gasteiger partial charge in [0.15, 0.2) is 0 Å². The first-order valence-electron chi connectivity index (χ1n) is 7.10. The van der Waals surface area contributed by atoms with Crippen LogP contribution in [0.2, 0.25) is 5.15 Å². The zero-order valence-electron chi connectivity index (χ0n) is 12.9. The quantitative estimate of drug-likeness (QED) is 0.443. The molecule has 23 heavy (non-hydrogen) atoms. The van der Waals surface area contributed by atoms with Gasteiger partial charge in [-0.25, -0.2) is 9.13 Å². The SMILES string of the molecule is Cn1c(Cl)c[n+](C)c1C(O)(c1ccccc1)c1ccccc1.[I-]. The van der Waals surface area contributed by atoms with Crippen molar-refractivity contribution in [1.29, 1.82) is 0 Å². The smallest absolute Gasteiger partial charge is 0.299 e. The van der Waals surface area contributed by atoms with Gasteiger partial charge in [-0.05, 0) is 11.6 Å². The zero-order valence-corrected chi connectivity index (χ0v) is 15.9. The molecule has 0 aliphatic heterocycles. The molecule has 3 aromatic rings. The number of imidazole rings is 1. The molecule has 0 atom stereocenters. The lowest BCUT2D eigenvalue weighted by Crippen LogP contribution is -3.00. The predicted molar refractivity (Wildman–Crippen MR) is 86.6 cm³/mol. The Morgan fingerprint density at radius 1 is 0.957 bits per heavy atom. The van der Waals surface area contributed by atoms with Crippen LogP contribution in [0.15, 0.2) is 66.9 Å². The summed E-state index contributed by atoms with van der Waals surface area (Å²) in [5, 5.41) is 12.3. The molecule has 1 N–H and O–H groups in total. The highest BCUT2D eigenvalue weighted by atomic mass is 127. The lowest BCUT2D eigenvalue weighted by atomic mass is 9.85. The van der Waals surface area contributed by atoms with Crippen molar-refractivity contribution >= 4 is 11.6 Å². The minimum Gasteiger partial charge on any atom is -1.00 e. The van der Waals surface area contributed by atoms with Crippen LogP contribution in [0.1, 0.15) is 17.0 Å². The van der Waals surface area contributed by atoms with E-state index in [1.807, 2.05) is 83.9 Å². The molecular weight excluding hydrogens is 423 g/mol. The van der Waals surface area contributed by atoms with Crippen molar-refractivity contribution in [2.45, 2.75) is 5.60 Å². The first-order valence-corrected chi connectivity index (χ1v) is 7.47. The van der Waals surface area contributed by atoms with Gasteiger partial charge in [0.05, 0.1) is 14.1 Å². The van der Waals surface area contributed by atoms with Crippen molar-refractivity contribution in [2.24, 2.45) is 14.1 Å². The van der Waals surface area contributed by atoms with Crippen molar-refractivity contribution in [3.63, 3.8) is 0 Å².